The molecule has 1 amide bonds. The van der Waals surface area contributed by atoms with E-state index in [0.29, 0.717) is 22.4 Å². The van der Waals surface area contributed by atoms with Crippen LogP contribution in [0.1, 0.15) is 33.6 Å². The average Bonchev–Trinajstić information content (AvgIpc) is 3.06. The molecule has 8 heteroatoms. The van der Waals surface area contributed by atoms with Crippen LogP contribution >= 0.6 is 11.3 Å². The molecular formula is C12H10N6OS. The van der Waals surface area contributed by atoms with Gasteiger partial charge in [0.15, 0.2) is 5.65 Å². The first-order valence-corrected chi connectivity index (χ1v) is 7.05. The van der Waals surface area contributed by atoms with E-state index in [4.69, 9.17) is 0 Å². The molecule has 3 heterocycles. The van der Waals surface area contributed by atoms with Crippen LogP contribution in [0.4, 0.5) is 5.82 Å². The van der Waals surface area contributed by atoms with Gasteiger partial charge < -0.3 is 5.32 Å². The minimum absolute atomic E-state index is 0.256. The monoisotopic (exact) mass is 286 g/mol. The van der Waals surface area contributed by atoms with Crippen LogP contribution < -0.4 is 5.32 Å². The van der Waals surface area contributed by atoms with Gasteiger partial charge in [0.2, 0.25) is 5.01 Å². The van der Waals surface area contributed by atoms with E-state index in [0.717, 1.165) is 17.8 Å². The predicted molar refractivity (Wildman–Crippen MR) is 72.8 cm³/mol. The summed E-state index contributed by atoms with van der Waals surface area (Å²) in [5.41, 5.74) is 0.679. The zero-order valence-corrected chi connectivity index (χ0v) is 11.2. The van der Waals surface area contributed by atoms with Crippen LogP contribution in [0.5, 0.6) is 0 Å². The number of hydrogen-bond acceptors (Lipinski definition) is 6. The molecular weight excluding hydrogens is 276 g/mol. The van der Waals surface area contributed by atoms with E-state index in [-0.39, 0.29) is 5.91 Å². The summed E-state index contributed by atoms with van der Waals surface area (Å²) in [5.74, 6) is 0.847. The third kappa shape index (κ3) is 1.94. The number of carbonyl (C=O) groups excluding carboxylic acids is 1. The van der Waals surface area contributed by atoms with Gasteiger partial charge in [0, 0.05) is 18.3 Å². The van der Waals surface area contributed by atoms with Crippen molar-refractivity contribution >= 4 is 28.7 Å². The fourth-order valence-corrected chi connectivity index (χ4v) is 2.83. The molecule has 1 aliphatic rings. The van der Waals surface area contributed by atoms with Gasteiger partial charge in [-0.15, -0.1) is 10.2 Å². The Kier molecular flexibility index (Phi) is 2.49. The molecule has 7 nitrogen and oxygen atoms in total. The summed E-state index contributed by atoms with van der Waals surface area (Å²) in [4.78, 5) is 20.3. The van der Waals surface area contributed by atoms with Gasteiger partial charge >= 0.3 is 0 Å². The molecule has 1 saturated carbocycles. The lowest BCUT2D eigenvalue weighted by Crippen LogP contribution is -2.13. The molecule has 20 heavy (non-hydrogen) atoms. The van der Waals surface area contributed by atoms with Crippen molar-refractivity contribution in [1.82, 2.24) is 24.6 Å². The van der Waals surface area contributed by atoms with Crippen LogP contribution in [0, 0.1) is 0 Å². The van der Waals surface area contributed by atoms with Crippen molar-refractivity contribution in [3.05, 3.63) is 34.8 Å². The molecule has 0 atom stereocenters. The zero-order valence-electron chi connectivity index (χ0n) is 10.4. The van der Waals surface area contributed by atoms with Crippen LogP contribution in [0.15, 0.2) is 24.8 Å². The van der Waals surface area contributed by atoms with Gasteiger partial charge in [0.25, 0.3) is 5.91 Å². The number of fused-ring (bicyclic) bond motifs is 1. The van der Waals surface area contributed by atoms with Gasteiger partial charge in [-0.25, -0.2) is 4.98 Å². The molecule has 3 aromatic rings. The van der Waals surface area contributed by atoms with Gasteiger partial charge in [-0.3, -0.25) is 14.2 Å². The molecule has 0 bridgehead atoms. The molecule has 3 aromatic heterocycles. The van der Waals surface area contributed by atoms with Crippen LogP contribution in [0.2, 0.25) is 0 Å². The highest BCUT2D eigenvalue weighted by molar-refractivity contribution is 7.13. The number of aromatic nitrogens is 5. The number of imidazole rings is 1. The smallest absolute Gasteiger partial charge is 0.287 e. The summed E-state index contributed by atoms with van der Waals surface area (Å²) in [6, 6.07) is 0. The first-order chi connectivity index (χ1) is 9.81. The first kappa shape index (κ1) is 11.5. The first-order valence-electron chi connectivity index (χ1n) is 6.23. The van der Waals surface area contributed by atoms with Gasteiger partial charge in [-0.1, -0.05) is 11.3 Å². The van der Waals surface area contributed by atoms with Crippen LogP contribution in [0.25, 0.3) is 5.65 Å². The Morgan fingerprint density at radius 1 is 1.35 bits per heavy atom. The molecule has 4 rings (SSSR count). The number of anilines is 1. The molecule has 0 spiro atoms. The zero-order chi connectivity index (χ0) is 13.5. The fraction of sp³-hybridized carbons (Fsp3) is 0.250. The van der Waals surface area contributed by atoms with Gasteiger partial charge in [0.05, 0.1) is 12.4 Å². The van der Waals surface area contributed by atoms with Crippen molar-refractivity contribution in [2.45, 2.75) is 18.8 Å². The molecule has 0 aromatic carbocycles. The Hall–Kier alpha value is -2.35. The molecule has 0 saturated heterocycles. The summed E-state index contributed by atoms with van der Waals surface area (Å²) in [6.07, 6.45) is 8.91. The topological polar surface area (TPSA) is 85.1 Å². The van der Waals surface area contributed by atoms with E-state index in [1.165, 1.54) is 11.3 Å². The van der Waals surface area contributed by atoms with Crippen molar-refractivity contribution in [1.29, 1.82) is 0 Å². The van der Waals surface area contributed by atoms with Crippen LogP contribution in [0.3, 0.4) is 0 Å². The Labute approximate surface area is 117 Å². The lowest BCUT2D eigenvalue weighted by molar-refractivity contribution is 0.102. The van der Waals surface area contributed by atoms with Crippen molar-refractivity contribution in [2.75, 3.05) is 5.32 Å². The quantitative estimate of drug-likeness (QED) is 0.792. The van der Waals surface area contributed by atoms with E-state index in [9.17, 15) is 4.79 Å². The number of hydrogen-bond donors (Lipinski definition) is 1. The number of carbonyl (C=O) groups is 1. The van der Waals surface area contributed by atoms with Crippen molar-refractivity contribution in [3.8, 4) is 0 Å². The summed E-state index contributed by atoms with van der Waals surface area (Å²) < 4.78 is 1.76. The lowest BCUT2D eigenvalue weighted by Gasteiger charge is -2.01. The second-order valence-electron chi connectivity index (χ2n) is 4.62. The molecule has 0 aliphatic heterocycles. The summed E-state index contributed by atoms with van der Waals surface area (Å²) in [6.45, 7) is 0. The maximum Gasteiger partial charge on any atom is 0.287 e. The number of amides is 1. The predicted octanol–water partition coefficient (Wildman–Crippen LogP) is 1.71. The molecule has 1 N–H and O–H groups in total. The standard InChI is InChI=1S/C12H10N6OS/c19-10(12-17-16-11(20-12)7-1-2-7)15-9-6-14-8-5-13-3-4-18(8)9/h3-7H,1-2H2,(H,15,19). The number of rotatable bonds is 3. The molecule has 1 fully saturated rings. The highest BCUT2D eigenvalue weighted by Crippen LogP contribution is 2.41. The Morgan fingerprint density at radius 3 is 3.10 bits per heavy atom. The van der Waals surface area contributed by atoms with Crippen LogP contribution in [-0.4, -0.2) is 30.5 Å². The normalized spacial score (nSPS) is 14.6. The molecule has 0 radical (unpaired) electrons. The van der Waals surface area contributed by atoms with E-state index in [2.05, 4.69) is 25.5 Å². The second kappa shape index (κ2) is 4.34. The van der Waals surface area contributed by atoms with Crippen LogP contribution in [-0.2, 0) is 0 Å². The number of nitrogens with one attached hydrogen (secondary N) is 1. The largest absolute Gasteiger partial charge is 0.304 e. The lowest BCUT2D eigenvalue weighted by atomic mass is 10.5. The minimum Gasteiger partial charge on any atom is -0.304 e. The van der Waals surface area contributed by atoms with E-state index >= 15 is 0 Å². The average molecular weight is 286 g/mol. The Balaban J connectivity index is 1.59. The highest BCUT2D eigenvalue weighted by Gasteiger charge is 2.28. The van der Waals surface area contributed by atoms with Crippen molar-refractivity contribution < 1.29 is 4.79 Å². The maximum absolute atomic E-state index is 12.2. The van der Waals surface area contributed by atoms with E-state index < -0.39 is 0 Å². The van der Waals surface area contributed by atoms with E-state index in [1.54, 1.807) is 29.2 Å². The van der Waals surface area contributed by atoms with Crippen molar-refractivity contribution in [2.24, 2.45) is 0 Å². The Morgan fingerprint density at radius 2 is 2.25 bits per heavy atom. The molecule has 100 valence electrons. The summed E-state index contributed by atoms with van der Waals surface area (Å²) >= 11 is 1.36. The summed E-state index contributed by atoms with van der Waals surface area (Å²) in [7, 11) is 0. The van der Waals surface area contributed by atoms with Gasteiger partial charge in [-0.2, -0.15) is 0 Å². The SMILES string of the molecule is O=C(Nc1cnc2cnccn12)c1nnc(C2CC2)s1. The van der Waals surface area contributed by atoms with Gasteiger partial charge in [0.1, 0.15) is 10.8 Å². The minimum atomic E-state index is -0.256. The third-order valence-electron chi connectivity index (χ3n) is 3.12. The van der Waals surface area contributed by atoms with Gasteiger partial charge in [-0.05, 0) is 12.8 Å². The maximum atomic E-state index is 12.2. The number of nitrogens with zero attached hydrogens (tertiary/aromatic N) is 5. The molecule has 0 unspecified atom stereocenters. The highest BCUT2D eigenvalue weighted by atomic mass is 32.1. The Bertz CT molecular complexity index is 790. The van der Waals surface area contributed by atoms with Crippen molar-refractivity contribution in [3.63, 3.8) is 0 Å². The van der Waals surface area contributed by atoms with E-state index in [1.807, 2.05) is 0 Å². The molecule has 1 aliphatic carbocycles. The fourth-order valence-electron chi connectivity index (χ4n) is 1.93. The summed E-state index contributed by atoms with van der Waals surface area (Å²) in [5, 5.41) is 12.2. The second-order valence-corrected chi connectivity index (χ2v) is 5.63. The third-order valence-corrected chi connectivity index (χ3v) is 4.20.